The third-order valence-corrected chi connectivity index (χ3v) is 3.95. The minimum Gasteiger partial charge on any atom is -0.497 e. The lowest BCUT2D eigenvalue weighted by Crippen LogP contribution is -2.51. The van der Waals surface area contributed by atoms with Gasteiger partial charge in [-0.1, -0.05) is 19.1 Å². The Morgan fingerprint density at radius 3 is 2.36 bits per heavy atom. The molecule has 7 nitrogen and oxygen atoms in total. The van der Waals surface area contributed by atoms with Crippen molar-refractivity contribution in [2.45, 2.75) is 33.2 Å². The maximum absolute atomic E-state index is 12.5. The molecule has 0 saturated carbocycles. The Morgan fingerprint density at radius 2 is 1.84 bits per heavy atom. The average Bonchev–Trinajstić information content (AvgIpc) is 2.60. The van der Waals surface area contributed by atoms with Crippen LogP contribution in [-0.2, 0) is 14.3 Å². The van der Waals surface area contributed by atoms with Crippen LogP contribution in [0.2, 0.25) is 0 Å². The molecule has 1 aromatic carbocycles. The van der Waals surface area contributed by atoms with Gasteiger partial charge in [0.1, 0.15) is 11.8 Å². The zero-order valence-electron chi connectivity index (χ0n) is 14.8. The van der Waals surface area contributed by atoms with E-state index >= 15 is 0 Å². The fourth-order valence-corrected chi connectivity index (χ4v) is 2.74. The van der Waals surface area contributed by atoms with Gasteiger partial charge >= 0.3 is 12.0 Å². The number of ether oxygens (including phenoxy) is 2. The minimum atomic E-state index is -0.842. The van der Waals surface area contributed by atoms with E-state index in [1.807, 2.05) is 0 Å². The first-order valence-corrected chi connectivity index (χ1v) is 8.09. The quantitative estimate of drug-likeness (QED) is 0.828. The van der Waals surface area contributed by atoms with E-state index in [4.69, 9.17) is 9.47 Å². The van der Waals surface area contributed by atoms with Gasteiger partial charge in [-0.25, -0.2) is 9.59 Å². The van der Waals surface area contributed by atoms with E-state index < -0.39 is 18.0 Å². The summed E-state index contributed by atoms with van der Waals surface area (Å²) in [7, 11) is 1.55. The molecule has 0 fully saturated rings. The summed E-state index contributed by atoms with van der Waals surface area (Å²) < 4.78 is 10.3. The van der Waals surface area contributed by atoms with Crippen LogP contribution in [0.4, 0.5) is 4.79 Å². The Balaban J connectivity index is 2.60. The number of imide groups is 1. The number of benzene rings is 1. The number of urea groups is 1. The summed E-state index contributed by atoms with van der Waals surface area (Å²) in [5.41, 5.74) is 1.25. The second kappa shape index (κ2) is 7.83. The molecular formula is C18H22N2O5. The highest BCUT2D eigenvalue weighted by atomic mass is 16.5. The average molecular weight is 346 g/mol. The molecule has 0 bridgehead atoms. The molecule has 1 atom stereocenters. The Kier molecular flexibility index (Phi) is 5.80. The number of carbonyl (C=O) groups is 3. The second-order valence-corrected chi connectivity index (χ2v) is 5.48. The highest BCUT2D eigenvalue weighted by molar-refractivity contribution is 6.02. The van der Waals surface area contributed by atoms with Gasteiger partial charge in [-0.05, 0) is 31.5 Å². The molecule has 0 aliphatic carbocycles. The number of nitrogens with zero attached hydrogens (tertiary/aromatic N) is 1. The molecule has 134 valence electrons. The predicted octanol–water partition coefficient (Wildman–Crippen LogP) is 2.54. The topological polar surface area (TPSA) is 84.9 Å². The van der Waals surface area contributed by atoms with Gasteiger partial charge in [-0.2, -0.15) is 0 Å². The lowest BCUT2D eigenvalue weighted by atomic mass is 9.93. The van der Waals surface area contributed by atoms with Gasteiger partial charge < -0.3 is 14.8 Å². The van der Waals surface area contributed by atoms with Crippen LogP contribution in [0.1, 0.15) is 38.8 Å². The van der Waals surface area contributed by atoms with Gasteiger partial charge in [-0.15, -0.1) is 0 Å². The van der Waals surface area contributed by atoms with Crippen LogP contribution in [-0.4, -0.2) is 36.5 Å². The molecule has 0 spiro atoms. The Labute approximate surface area is 146 Å². The summed E-state index contributed by atoms with van der Waals surface area (Å²) in [5, 5.41) is 2.58. The van der Waals surface area contributed by atoms with Crippen molar-refractivity contribution >= 4 is 17.9 Å². The van der Waals surface area contributed by atoms with Crippen molar-refractivity contribution in [2.24, 2.45) is 0 Å². The molecule has 0 radical (unpaired) electrons. The van der Waals surface area contributed by atoms with E-state index in [1.165, 1.54) is 0 Å². The maximum Gasteiger partial charge on any atom is 0.338 e. The highest BCUT2D eigenvalue weighted by Crippen LogP contribution is 2.35. The first kappa shape index (κ1) is 18.5. The second-order valence-electron chi connectivity index (χ2n) is 5.48. The van der Waals surface area contributed by atoms with Crippen molar-refractivity contribution in [3.8, 4) is 5.75 Å². The molecular weight excluding hydrogens is 324 g/mol. The number of esters is 1. The van der Waals surface area contributed by atoms with Crippen LogP contribution in [0.25, 0.3) is 0 Å². The van der Waals surface area contributed by atoms with Crippen molar-refractivity contribution in [1.29, 1.82) is 0 Å². The number of rotatable bonds is 5. The zero-order valence-corrected chi connectivity index (χ0v) is 14.8. The van der Waals surface area contributed by atoms with E-state index in [2.05, 4.69) is 5.32 Å². The van der Waals surface area contributed by atoms with Gasteiger partial charge in [-0.3, -0.25) is 9.69 Å². The highest BCUT2D eigenvalue weighted by Gasteiger charge is 2.41. The summed E-state index contributed by atoms with van der Waals surface area (Å²) in [6.07, 6.45) is 0.134. The molecule has 1 aliphatic heterocycles. The lowest BCUT2D eigenvalue weighted by Gasteiger charge is -2.36. The number of hydrogen-bond acceptors (Lipinski definition) is 5. The number of hydrogen-bond donors (Lipinski definition) is 1. The minimum absolute atomic E-state index is 0.134. The smallest absolute Gasteiger partial charge is 0.338 e. The molecule has 1 heterocycles. The standard InChI is InChI=1S/C18H22N2O5/c1-5-14(21)20-16(12-7-9-13(24-4)10-8-12)15(17(22)25-6-2)11(3)19-18(20)23/h7-10,16H,5-6H2,1-4H3,(H,19,23). The van der Waals surface area contributed by atoms with E-state index in [9.17, 15) is 14.4 Å². The van der Waals surface area contributed by atoms with Gasteiger partial charge in [0.2, 0.25) is 5.91 Å². The fraction of sp³-hybridized carbons (Fsp3) is 0.389. The number of carbonyl (C=O) groups excluding carboxylic acids is 3. The maximum atomic E-state index is 12.5. The van der Waals surface area contributed by atoms with E-state index in [0.29, 0.717) is 17.0 Å². The summed E-state index contributed by atoms with van der Waals surface area (Å²) in [5.74, 6) is -0.307. The van der Waals surface area contributed by atoms with Crippen molar-refractivity contribution in [3.05, 3.63) is 41.1 Å². The lowest BCUT2D eigenvalue weighted by molar-refractivity contribution is -0.140. The molecule has 0 saturated heterocycles. The summed E-state index contributed by atoms with van der Waals surface area (Å²) in [6.45, 7) is 5.18. The number of allylic oxidation sites excluding steroid dienone is 1. The van der Waals surface area contributed by atoms with Gasteiger partial charge in [0.15, 0.2) is 0 Å². The van der Waals surface area contributed by atoms with Crippen LogP contribution in [0.3, 0.4) is 0 Å². The van der Waals surface area contributed by atoms with Crippen molar-refractivity contribution < 1.29 is 23.9 Å². The Hall–Kier alpha value is -2.83. The molecule has 25 heavy (non-hydrogen) atoms. The van der Waals surface area contributed by atoms with Crippen LogP contribution >= 0.6 is 0 Å². The molecule has 1 aromatic rings. The molecule has 2 rings (SSSR count). The Morgan fingerprint density at radius 1 is 1.20 bits per heavy atom. The van der Waals surface area contributed by atoms with Crippen molar-refractivity contribution in [2.75, 3.05) is 13.7 Å². The van der Waals surface area contributed by atoms with Crippen LogP contribution < -0.4 is 10.1 Å². The van der Waals surface area contributed by atoms with Gasteiger partial charge in [0, 0.05) is 12.1 Å². The van der Waals surface area contributed by atoms with Crippen LogP contribution in [0.5, 0.6) is 5.75 Å². The summed E-state index contributed by atoms with van der Waals surface area (Å²) >= 11 is 0. The number of amides is 3. The normalized spacial score (nSPS) is 17.2. The Bertz CT molecular complexity index is 709. The predicted molar refractivity (Wildman–Crippen MR) is 90.7 cm³/mol. The molecule has 3 amide bonds. The molecule has 1 unspecified atom stereocenters. The largest absolute Gasteiger partial charge is 0.497 e. The van der Waals surface area contributed by atoms with Crippen LogP contribution in [0.15, 0.2) is 35.5 Å². The molecule has 7 heteroatoms. The summed E-state index contributed by atoms with van der Waals surface area (Å²) in [6, 6.07) is 5.49. The monoisotopic (exact) mass is 346 g/mol. The van der Waals surface area contributed by atoms with Crippen molar-refractivity contribution in [3.63, 3.8) is 0 Å². The molecule has 1 N–H and O–H groups in total. The van der Waals surface area contributed by atoms with Crippen LogP contribution in [0, 0.1) is 0 Å². The summed E-state index contributed by atoms with van der Waals surface area (Å²) in [4.78, 5) is 38.4. The number of nitrogens with one attached hydrogen (secondary N) is 1. The SMILES string of the molecule is CCOC(=O)C1=C(C)NC(=O)N(C(=O)CC)C1c1ccc(OC)cc1. The molecule has 0 aromatic heterocycles. The third kappa shape index (κ3) is 3.65. The van der Waals surface area contributed by atoms with Crippen molar-refractivity contribution in [1.82, 2.24) is 10.2 Å². The molecule has 1 aliphatic rings. The third-order valence-electron chi connectivity index (χ3n) is 3.95. The van der Waals surface area contributed by atoms with E-state index in [0.717, 1.165) is 4.90 Å². The first-order chi connectivity index (χ1) is 11.9. The van der Waals surface area contributed by atoms with Gasteiger partial charge in [0.25, 0.3) is 0 Å². The van der Waals surface area contributed by atoms with Gasteiger partial charge in [0.05, 0.1) is 19.3 Å². The number of methoxy groups -OCH3 is 1. The fourth-order valence-electron chi connectivity index (χ4n) is 2.74. The first-order valence-electron chi connectivity index (χ1n) is 8.09. The van der Waals surface area contributed by atoms with E-state index in [-0.39, 0.29) is 24.5 Å². The zero-order chi connectivity index (χ0) is 18.6. The van der Waals surface area contributed by atoms with E-state index in [1.54, 1.807) is 52.1 Å².